The van der Waals surface area contributed by atoms with Crippen LogP contribution in [0, 0.1) is 6.42 Å². The third-order valence-electron chi connectivity index (χ3n) is 3.32. The van der Waals surface area contributed by atoms with Gasteiger partial charge < -0.3 is 4.98 Å². The molecule has 0 saturated heterocycles. The fourth-order valence-electron chi connectivity index (χ4n) is 2.66. The molecule has 0 aromatic carbocycles. The zero-order valence-electron chi connectivity index (χ0n) is 7.95. The van der Waals surface area contributed by atoms with Gasteiger partial charge in [0, 0.05) is 17.8 Å². The topological polar surface area (TPSA) is 15.8 Å². The lowest BCUT2D eigenvalue weighted by Crippen LogP contribution is -2.04. The third-order valence-corrected chi connectivity index (χ3v) is 3.32. The lowest BCUT2D eigenvalue weighted by molar-refractivity contribution is 0.671. The minimum absolute atomic E-state index is 1.15. The highest BCUT2D eigenvalue weighted by atomic mass is 14.7. The van der Waals surface area contributed by atoms with Crippen LogP contribution in [0.3, 0.4) is 0 Å². The van der Waals surface area contributed by atoms with Crippen molar-refractivity contribution < 1.29 is 0 Å². The molecule has 0 saturated carbocycles. The number of hydrogen-bond acceptors (Lipinski definition) is 0. The van der Waals surface area contributed by atoms with Gasteiger partial charge in [0.15, 0.2) is 0 Å². The highest BCUT2D eigenvalue weighted by Crippen LogP contribution is 2.32. The van der Waals surface area contributed by atoms with E-state index in [1.807, 2.05) is 0 Å². The van der Waals surface area contributed by atoms with E-state index in [1.165, 1.54) is 49.9 Å². The fourth-order valence-corrected chi connectivity index (χ4v) is 2.66. The minimum atomic E-state index is 1.15. The first-order valence-corrected chi connectivity index (χ1v) is 5.41. The summed E-state index contributed by atoms with van der Waals surface area (Å²) in [6, 6.07) is 0. The fraction of sp³-hybridized carbons (Fsp3) is 0.583. The van der Waals surface area contributed by atoms with Crippen LogP contribution < -0.4 is 0 Å². The second-order valence-electron chi connectivity index (χ2n) is 4.17. The van der Waals surface area contributed by atoms with Gasteiger partial charge in [-0.1, -0.05) is 0 Å². The first-order chi connectivity index (χ1) is 6.45. The number of rotatable bonds is 0. The molecule has 1 heterocycles. The summed E-state index contributed by atoms with van der Waals surface area (Å²) in [6.07, 6.45) is 12.5. The number of H-pyrrole nitrogens is 1. The van der Waals surface area contributed by atoms with Gasteiger partial charge in [-0.15, -0.1) is 0 Å². The van der Waals surface area contributed by atoms with Crippen LogP contribution in [-0.4, -0.2) is 4.98 Å². The standard InChI is InChI=1S/C12H15N/c1-3-7-11-9(5-1)10-6-2-4-8-12(10)13-11/h13H,1-7H2. The molecule has 3 rings (SSSR count). The van der Waals surface area contributed by atoms with Crippen LogP contribution >= 0.6 is 0 Å². The maximum absolute atomic E-state index is 3.54. The van der Waals surface area contributed by atoms with Gasteiger partial charge in [0.25, 0.3) is 0 Å². The molecule has 0 bridgehead atoms. The zero-order chi connectivity index (χ0) is 8.67. The first-order valence-electron chi connectivity index (χ1n) is 5.41. The minimum Gasteiger partial charge on any atom is -0.361 e. The molecule has 1 nitrogen and oxygen atoms in total. The molecule has 0 atom stereocenters. The summed E-state index contributed by atoms with van der Waals surface area (Å²) >= 11 is 0. The predicted octanol–water partition coefficient (Wildman–Crippen LogP) is 2.66. The molecule has 1 heteroatoms. The Hall–Kier alpha value is -0.720. The van der Waals surface area contributed by atoms with Crippen molar-refractivity contribution in [3.63, 3.8) is 0 Å². The molecule has 0 fully saturated rings. The number of aromatic nitrogens is 1. The summed E-state index contributed by atoms with van der Waals surface area (Å²) in [7, 11) is 0. The van der Waals surface area contributed by atoms with Crippen molar-refractivity contribution in [3.8, 4) is 0 Å². The Morgan fingerprint density at radius 1 is 0.923 bits per heavy atom. The number of hydrogen-bond donors (Lipinski definition) is 1. The molecule has 2 aliphatic carbocycles. The summed E-state index contributed by atoms with van der Waals surface area (Å²) in [5.74, 6) is 0. The van der Waals surface area contributed by atoms with Crippen molar-refractivity contribution in [1.82, 2.24) is 4.98 Å². The third kappa shape index (κ3) is 1.13. The average molecular weight is 173 g/mol. The van der Waals surface area contributed by atoms with Gasteiger partial charge in [0.1, 0.15) is 0 Å². The van der Waals surface area contributed by atoms with Crippen molar-refractivity contribution >= 4 is 0 Å². The number of fused-ring (bicyclic) bond motifs is 3. The molecule has 0 spiro atoms. The zero-order valence-corrected chi connectivity index (χ0v) is 7.95. The lowest BCUT2D eigenvalue weighted by atomic mass is 9.89. The summed E-state index contributed by atoms with van der Waals surface area (Å²) in [6.45, 7) is 0. The number of aromatic amines is 1. The largest absolute Gasteiger partial charge is 0.361 e. The van der Waals surface area contributed by atoms with Crippen LogP contribution in [0.25, 0.3) is 0 Å². The maximum atomic E-state index is 3.54. The molecular weight excluding hydrogens is 158 g/mol. The Bertz CT molecular complexity index is 292. The van der Waals surface area contributed by atoms with Crippen molar-refractivity contribution in [2.75, 3.05) is 0 Å². The van der Waals surface area contributed by atoms with Crippen LogP contribution in [0.5, 0.6) is 0 Å². The Morgan fingerprint density at radius 2 is 1.77 bits per heavy atom. The second kappa shape index (κ2) is 2.90. The maximum Gasteiger partial charge on any atom is 0.0348 e. The van der Waals surface area contributed by atoms with Crippen molar-refractivity contribution in [2.24, 2.45) is 0 Å². The van der Waals surface area contributed by atoms with Gasteiger partial charge in [-0.3, -0.25) is 0 Å². The van der Waals surface area contributed by atoms with Gasteiger partial charge in [0.2, 0.25) is 0 Å². The predicted molar refractivity (Wildman–Crippen MR) is 52.7 cm³/mol. The average Bonchev–Trinajstić information content (AvgIpc) is 2.56. The Morgan fingerprint density at radius 3 is 2.77 bits per heavy atom. The molecule has 0 unspecified atom stereocenters. The van der Waals surface area contributed by atoms with Crippen LogP contribution in [0.1, 0.15) is 48.2 Å². The molecule has 1 aromatic heterocycles. The van der Waals surface area contributed by atoms with Crippen LogP contribution in [-0.2, 0) is 19.3 Å². The highest BCUT2D eigenvalue weighted by molar-refractivity contribution is 5.43. The van der Waals surface area contributed by atoms with E-state index >= 15 is 0 Å². The van der Waals surface area contributed by atoms with E-state index in [0.29, 0.717) is 0 Å². The van der Waals surface area contributed by atoms with E-state index in [9.17, 15) is 0 Å². The van der Waals surface area contributed by atoms with Gasteiger partial charge in [-0.25, -0.2) is 0 Å². The molecular formula is C12H15N. The van der Waals surface area contributed by atoms with Gasteiger partial charge >= 0.3 is 0 Å². The summed E-state index contributed by atoms with van der Waals surface area (Å²) in [4.78, 5) is 3.54. The number of nitrogens with one attached hydrogen (secondary N) is 1. The monoisotopic (exact) mass is 173 g/mol. The highest BCUT2D eigenvalue weighted by Gasteiger charge is 2.21. The van der Waals surface area contributed by atoms with E-state index in [0.717, 1.165) is 6.42 Å². The van der Waals surface area contributed by atoms with Crippen molar-refractivity contribution in [1.29, 1.82) is 0 Å². The normalized spacial score (nSPS) is 20.9. The molecule has 0 aliphatic heterocycles. The van der Waals surface area contributed by atoms with Gasteiger partial charge in [-0.2, -0.15) is 0 Å². The molecule has 2 aliphatic rings. The smallest absolute Gasteiger partial charge is 0.0348 e. The van der Waals surface area contributed by atoms with Crippen molar-refractivity contribution in [2.45, 2.75) is 44.9 Å². The SMILES string of the molecule is [C]1CCCc2c1[nH]c1c2CCCC1. The van der Waals surface area contributed by atoms with Gasteiger partial charge in [-0.05, 0) is 56.1 Å². The summed E-state index contributed by atoms with van der Waals surface area (Å²) < 4.78 is 0. The Balaban J connectivity index is 2.09. The Labute approximate surface area is 79.5 Å². The number of aryl methyl sites for hydroxylation is 1. The van der Waals surface area contributed by atoms with E-state index in [-0.39, 0.29) is 0 Å². The van der Waals surface area contributed by atoms with E-state index in [1.54, 1.807) is 11.1 Å². The lowest BCUT2D eigenvalue weighted by Gasteiger charge is -2.14. The molecule has 13 heavy (non-hydrogen) atoms. The summed E-state index contributed by atoms with van der Waals surface area (Å²) in [5.41, 5.74) is 6.10. The molecule has 0 amide bonds. The second-order valence-corrected chi connectivity index (χ2v) is 4.17. The Kier molecular flexibility index (Phi) is 1.71. The molecule has 68 valence electrons. The quantitative estimate of drug-likeness (QED) is 0.621. The van der Waals surface area contributed by atoms with Gasteiger partial charge in [0.05, 0.1) is 0 Å². The first kappa shape index (κ1) is 7.66. The molecule has 1 N–H and O–H groups in total. The van der Waals surface area contributed by atoms with Crippen LogP contribution in [0.2, 0.25) is 0 Å². The van der Waals surface area contributed by atoms with Crippen LogP contribution in [0.15, 0.2) is 0 Å². The summed E-state index contributed by atoms with van der Waals surface area (Å²) in [5, 5.41) is 0. The van der Waals surface area contributed by atoms with E-state index < -0.39 is 0 Å². The molecule has 1 aromatic rings. The molecule has 2 radical (unpaired) electrons. The van der Waals surface area contributed by atoms with E-state index in [4.69, 9.17) is 0 Å². The van der Waals surface area contributed by atoms with E-state index in [2.05, 4.69) is 11.4 Å². The van der Waals surface area contributed by atoms with Crippen molar-refractivity contribution in [3.05, 3.63) is 28.9 Å². The van der Waals surface area contributed by atoms with Crippen LogP contribution in [0.4, 0.5) is 0 Å².